The van der Waals surface area contributed by atoms with Crippen LogP contribution in [0.2, 0.25) is 0 Å². The zero-order valence-corrected chi connectivity index (χ0v) is 8.29. The van der Waals surface area contributed by atoms with Gasteiger partial charge in [0.2, 0.25) is 0 Å². The van der Waals surface area contributed by atoms with Crippen LogP contribution in [0.25, 0.3) is 0 Å². The number of carbonyl (C=O) groups excluding carboxylic acids is 1. The zero-order valence-electron chi connectivity index (χ0n) is 8.29. The summed E-state index contributed by atoms with van der Waals surface area (Å²) >= 11 is 0. The summed E-state index contributed by atoms with van der Waals surface area (Å²) < 4.78 is 4.94. The molecule has 0 bridgehead atoms. The molecule has 0 spiro atoms. The summed E-state index contributed by atoms with van der Waals surface area (Å²) in [4.78, 5) is 10.9. The van der Waals surface area contributed by atoms with Crippen LogP contribution >= 0.6 is 0 Å². The molecule has 1 aliphatic rings. The van der Waals surface area contributed by atoms with Crippen molar-refractivity contribution in [2.45, 2.75) is 32.1 Å². The number of Topliss-reactive ketones (excluding diaryl/α,β-unsaturated/α-hetero) is 1. The molecule has 0 aromatic heterocycles. The molecule has 0 saturated heterocycles. The van der Waals surface area contributed by atoms with E-state index in [1.165, 1.54) is 0 Å². The predicted molar refractivity (Wildman–Crippen MR) is 52.6 cm³/mol. The van der Waals surface area contributed by atoms with Crippen LogP contribution in [0, 0.1) is 5.92 Å². The summed E-state index contributed by atoms with van der Waals surface area (Å²) in [6, 6.07) is 0. The Morgan fingerprint density at radius 2 is 2.46 bits per heavy atom. The first-order valence-electron chi connectivity index (χ1n) is 5.00. The number of ketones is 1. The lowest BCUT2D eigenvalue weighted by molar-refractivity contribution is -0.117. The molecule has 0 N–H and O–H groups in total. The van der Waals surface area contributed by atoms with Crippen molar-refractivity contribution in [3.8, 4) is 0 Å². The number of carbonyl (C=O) groups is 1. The van der Waals surface area contributed by atoms with E-state index in [1.54, 1.807) is 7.11 Å². The van der Waals surface area contributed by atoms with Gasteiger partial charge in [-0.15, -0.1) is 0 Å². The van der Waals surface area contributed by atoms with Gasteiger partial charge in [0.15, 0.2) is 0 Å². The highest BCUT2D eigenvalue weighted by Crippen LogP contribution is 2.22. The van der Waals surface area contributed by atoms with Crippen LogP contribution in [-0.2, 0) is 9.53 Å². The van der Waals surface area contributed by atoms with Crippen molar-refractivity contribution in [2.75, 3.05) is 13.7 Å². The first-order chi connectivity index (χ1) is 6.33. The molecule has 2 nitrogen and oxygen atoms in total. The Morgan fingerprint density at radius 3 is 3.08 bits per heavy atom. The van der Waals surface area contributed by atoms with Gasteiger partial charge in [0.05, 0.1) is 0 Å². The molecule has 1 saturated carbocycles. The molecule has 1 atom stereocenters. The van der Waals surface area contributed by atoms with E-state index in [4.69, 9.17) is 4.74 Å². The van der Waals surface area contributed by atoms with E-state index in [9.17, 15) is 4.79 Å². The first kappa shape index (κ1) is 10.5. The van der Waals surface area contributed by atoms with E-state index in [-0.39, 0.29) is 0 Å². The van der Waals surface area contributed by atoms with Crippen LogP contribution in [0.4, 0.5) is 0 Å². The van der Waals surface area contributed by atoms with E-state index in [2.05, 4.69) is 12.2 Å². The molecule has 0 radical (unpaired) electrons. The predicted octanol–water partition coefficient (Wildman–Crippen LogP) is 2.34. The molecule has 0 aliphatic heterocycles. The van der Waals surface area contributed by atoms with Gasteiger partial charge in [-0.1, -0.05) is 12.2 Å². The Bertz CT molecular complexity index is 185. The van der Waals surface area contributed by atoms with Crippen LogP contribution in [0.5, 0.6) is 0 Å². The number of unbranched alkanes of at least 4 members (excludes halogenated alkanes) is 1. The Balaban J connectivity index is 2.06. The van der Waals surface area contributed by atoms with E-state index in [0.29, 0.717) is 11.7 Å². The maximum absolute atomic E-state index is 10.9. The fourth-order valence-corrected chi connectivity index (χ4v) is 1.64. The quantitative estimate of drug-likeness (QED) is 0.482. The Morgan fingerprint density at radius 1 is 1.62 bits per heavy atom. The standard InChI is InChI=1S/C11H18O2/c1-13-8-4-2-3-5-10-6-7-11(12)9-10/h3,5,10H,2,4,6-9H2,1H3. The smallest absolute Gasteiger partial charge is 0.133 e. The van der Waals surface area contributed by atoms with Gasteiger partial charge in [0, 0.05) is 26.6 Å². The van der Waals surface area contributed by atoms with Gasteiger partial charge in [-0.3, -0.25) is 4.79 Å². The minimum absolute atomic E-state index is 0.423. The highest BCUT2D eigenvalue weighted by Gasteiger charge is 2.18. The molecule has 1 unspecified atom stereocenters. The molecular weight excluding hydrogens is 164 g/mol. The molecule has 0 aromatic carbocycles. The van der Waals surface area contributed by atoms with Crippen molar-refractivity contribution < 1.29 is 9.53 Å². The Kier molecular flexibility index (Phi) is 4.76. The normalized spacial score (nSPS) is 23.2. The number of ether oxygens (including phenoxy) is 1. The third-order valence-electron chi connectivity index (χ3n) is 2.41. The van der Waals surface area contributed by atoms with Crippen molar-refractivity contribution in [2.24, 2.45) is 5.92 Å². The van der Waals surface area contributed by atoms with E-state index < -0.39 is 0 Å². The summed E-state index contributed by atoms with van der Waals surface area (Å²) in [6.45, 7) is 0.827. The molecule has 0 heterocycles. The van der Waals surface area contributed by atoms with Gasteiger partial charge in [-0.05, 0) is 25.2 Å². The van der Waals surface area contributed by atoms with Crippen molar-refractivity contribution in [1.82, 2.24) is 0 Å². The van der Waals surface area contributed by atoms with E-state index >= 15 is 0 Å². The summed E-state index contributed by atoms with van der Waals surface area (Å²) in [5.41, 5.74) is 0. The van der Waals surface area contributed by atoms with Crippen molar-refractivity contribution in [3.63, 3.8) is 0 Å². The van der Waals surface area contributed by atoms with Gasteiger partial charge in [0.25, 0.3) is 0 Å². The fourth-order valence-electron chi connectivity index (χ4n) is 1.64. The molecule has 1 rings (SSSR count). The third kappa shape index (κ3) is 4.23. The van der Waals surface area contributed by atoms with Crippen LogP contribution < -0.4 is 0 Å². The summed E-state index contributed by atoms with van der Waals surface area (Å²) in [7, 11) is 1.72. The molecule has 2 heteroatoms. The molecule has 1 fully saturated rings. The summed E-state index contributed by atoms with van der Waals surface area (Å²) in [5, 5.41) is 0. The van der Waals surface area contributed by atoms with Crippen molar-refractivity contribution in [3.05, 3.63) is 12.2 Å². The second-order valence-corrected chi connectivity index (χ2v) is 3.60. The van der Waals surface area contributed by atoms with E-state index in [0.717, 1.165) is 38.7 Å². The first-order valence-corrected chi connectivity index (χ1v) is 5.00. The van der Waals surface area contributed by atoms with Crippen LogP contribution in [-0.4, -0.2) is 19.5 Å². The van der Waals surface area contributed by atoms with Crippen LogP contribution in [0.1, 0.15) is 32.1 Å². The molecule has 13 heavy (non-hydrogen) atoms. The lowest BCUT2D eigenvalue weighted by atomic mass is 10.1. The highest BCUT2D eigenvalue weighted by atomic mass is 16.5. The molecule has 0 aromatic rings. The van der Waals surface area contributed by atoms with Crippen molar-refractivity contribution in [1.29, 1.82) is 0 Å². The number of hydrogen-bond acceptors (Lipinski definition) is 2. The fraction of sp³-hybridized carbons (Fsp3) is 0.727. The second-order valence-electron chi connectivity index (χ2n) is 3.60. The maximum Gasteiger partial charge on any atom is 0.133 e. The summed E-state index contributed by atoms with van der Waals surface area (Å²) in [5.74, 6) is 0.946. The molecule has 0 amide bonds. The van der Waals surface area contributed by atoms with Crippen LogP contribution in [0.3, 0.4) is 0 Å². The SMILES string of the molecule is COCCCC=CC1CCC(=O)C1. The number of allylic oxidation sites excluding steroid dienone is 2. The third-order valence-corrected chi connectivity index (χ3v) is 2.41. The Labute approximate surface area is 80.0 Å². The minimum atomic E-state index is 0.423. The molecule has 74 valence electrons. The number of hydrogen-bond donors (Lipinski definition) is 0. The number of rotatable bonds is 5. The minimum Gasteiger partial charge on any atom is -0.385 e. The summed E-state index contributed by atoms with van der Waals surface area (Å²) in [6.07, 6.45) is 9.13. The lowest BCUT2D eigenvalue weighted by Crippen LogP contribution is -1.90. The zero-order chi connectivity index (χ0) is 9.52. The average Bonchev–Trinajstić information content (AvgIpc) is 2.51. The monoisotopic (exact) mass is 182 g/mol. The number of methoxy groups -OCH3 is 1. The topological polar surface area (TPSA) is 26.3 Å². The molecule has 1 aliphatic carbocycles. The van der Waals surface area contributed by atoms with Gasteiger partial charge in [-0.25, -0.2) is 0 Å². The van der Waals surface area contributed by atoms with Crippen LogP contribution in [0.15, 0.2) is 12.2 Å². The largest absolute Gasteiger partial charge is 0.385 e. The van der Waals surface area contributed by atoms with Gasteiger partial charge in [0.1, 0.15) is 5.78 Å². The Hall–Kier alpha value is -0.630. The van der Waals surface area contributed by atoms with Gasteiger partial charge < -0.3 is 4.74 Å². The lowest BCUT2D eigenvalue weighted by Gasteiger charge is -1.98. The van der Waals surface area contributed by atoms with Gasteiger partial charge in [-0.2, -0.15) is 0 Å². The van der Waals surface area contributed by atoms with E-state index in [1.807, 2.05) is 0 Å². The second kappa shape index (κ2) is 5.92. The van der Waals surface area contributed by atoms with Gasteiger partial charge >= 0.3 is 0 Å². The van der Waals surface area contributed by atoms with Crippen molar-refractivity contribution >= 4 is 5.78 Å². The highest BCUT2D eigenvalue weighted by molar-refractivity contribution is 5.80. The molecular formula is C11H18O2. The average molecular weight is 182 g/mol. The maximum atomic E-state index is 10.9.